The van der Waals surface area contributed by atoms with Crippen molar-refractivity contribution in [3.63, 3.8) is 0 Å². The third-order valence-electron chi connectivity index (χ3n) is 2.22. The van der Waals surface area contributed by atoms with Crippen molar-refractivity contribution in [2.75, 3.05) is 19.8 Å². The van der Waals surface area contributed by atoms with E-state index >= 15 is 0 Å². The molecule has 0 spiro atoms. The van der Waals surface area contributed by atoms with E-state index in [1.165, 1.54) is 12.3 Å². The van der Waals surface area contributed by atoms with Crippen molar-refractivity contribution < 1.29 is 19.1 Å². The number of hydrogen-bond acceptors (Lipinski definition) is 5. The minimum Gasteiger partial charge on any atom is -0.444 e. The van der Waals surface area contributed by atoms with Gasteiger partial charge in [0, 0.05) is 12.7 Å². The lowest BCUT2D eigenvalue weighted by molar-refractivity contribution is 0.0498. The average Bonchev–Trinajstić information content (AvgIpc) is 2.35. The fraction of sp³-hybridized carbons (Fsp3) is 0.500. The first-order chi connectivity index (χ1) is 10.2. The van der Waals surface area contributed by atoms with Crippen molar-refractivity contribution in [3.05, 3.63) is 28.0 Å². The number of aromatic nitrogens is 1. The summed E-state index contributed by atoms with van der Waals surface area (Å²) in [6.07, 6.45) is 0.801. The first-order valence-electron chi connectivity index (χ1n) is 6.58. The molecule has 1 aromatic heterocycles. The highest BCUT2D eigenvalue weighted by atomic mass is 35.5. The summed E-state index contributed by atoms with van der Waals surface area (Å²) in [5.41, 5.74) is -0.455. The van der Waals surface area contributed by atoms with Gasteiger partial charge in [0.05, 0.1) is 16.7 Å². The number of carbonyl (C=O) groups excluding carboxylic acids is 2. The van der Waals surface area contributed by atoms with Crippen LogP contribution in [0.2, 0.25) is 10.0 Å². The molecule has 0 unspecified atom stereocenters. The Balaban J connectivity index is 2.27. The van der Waals surface area contributed by atoms with E-state index in [0.717, 1.165) is 0 Å². The number of alkyl carbamates (subject to hydrolysis) is 1. The van der Waals surface area contributed by atoms with Crippen molar-refractivity contribution in [2.45, 2.75) is 26.4 Å². The fourth-order valence-electron chi connectivity index (χ4n) is 1.39. The maximum Gasteiger partial charge on any atom is 0.407 e. The molecule has 1 amide bonds. The highest BCUT2D eigenvalue weighted by Crippen LogP contribution is 2.18. The summed E-state index contributed by atoms with van der Waals surface area (Å²) >= 11 is 11.6. The van der Waals surface area contributed by atoms with Crippen LogP contribution in [0.4, 0.5) is 4.79 Å². The van der Waals surface area contributed by atoms with Crippen molar-refractivity contribution in [1.29, 1.82) is 0 Å². The number of hydrogen-bond donors (Lipinski definition) is 1. The number of Topliss-reactive ketones (excluding diaryl/α,β-unsaturated/α-hetero) is 1. The lowest BCUT2D eigenvalue weighted by Gasteiger charge is -2.19. The molecule has 0 fully saturated rings. The van der Waals surface area contributed by atoms with Gasteiger partial charge in [-0.3, -0.25) is 4.79 Å². The molecule has 1 rings (SSSR count). The van der Waals surface area contributed by atoms with E-state index in [2.05, 4.69) is 10.3 Å². The zero-order chi connectivity index (χ0) is 16.8. The van der Waals surface area contributed by atoms with E-state index in [9.17, 15) is 9.59 Å². The van der Waals surface area contributed by atoms with Gasteiger partial charge < -0.3 is 14.8 Å². The molecule has 0 aliphatic heterocycles. The number of amides is 1. The number of halogens is 2. The molecule has 1 N–H and O–H groups in total. The van der Waals surface area contributed by atoms with Gasteiger partial charge in [-0.25, -0.2) is 9.78 Å². The molecular formula is C14H18Cl2N2O4. The highest BCUT2D eigenvalue weighted by Gasteiger charge is 2.16. The minimum absolute atomic E-state index is 0.103. The zero-order valence-corrected chi connectivity index (χ0v) is 14.1. The van der Waals surface area contributed by atoms with Gasteiger partial charge in [0.2, 0.25) is 5.78 Å². The van der Waals surface area contributed by atoms with Crippen LogP contribution in [0.1, 0.15) is 31.3 Å². The van der Waals surface area contributed by atoms with E-state index in [4.69, 9.17) is 32.7 Å². The number of ketones is 1. The Morgan fingerprint density at radius 3 is 2.59 bits per heavy atom. The predicted octanol–water partition coefficient (Wildman–Crippen LogP) is 3.11. The molecule has 1 aromatic rings. The van der Waals surface area contributed by atoms with Gasteiger partial charge in [0.15, 0.2) is 0 Å². The first-order valence-corrected chi connectivity index (χ1v) is 7.33. The largest absolute Gasteiger partial charge is 0.444 e. The van der Waals surface area contributed by atoms with Gasteiger partial charge in [-0.05, 0) is 26.8 Å². The lowest BCUT2D eigenvalue weighted by atomic mass is 10.2. The Kier molecular flexibility index (Phi) is 7.06. The fourth-order valence-corrected chi connectivity index (χ4v) is 1.88. The normalized spacial score (nSPS) is 11.1. The summed E-state index contributed by atoms with van der Waals surface area (Å²) in [6, 6.07) is 1.44. The molecule has 0 radical (unpaired) electrons. The monoisotopic (exact) mass is 348 g/mol. The number of ether oxygens (including phenoxy) is 2. The molecule has 0 aliphatic rings. The molecule has 1 heterocycles. The minimum atomic E-state index is -0.558. The van der Waals surface area contributed by atoms with Crippen LogP contribution in [-0.4, -0.2) is 42.2 Å². The Hall–Kier alpha value is -1.37. The Labute approximate surface area is 139 Å². The second kappa shape index (κ2) is 8.31. The molecular weight excluding hydrogens is 331 g/mol. The van der Waals surface area contributed by atoms with Crippen LogP contribution < -0.4 is 5.32 Å². The Morgan fingerprint density at radius 1 is 1.32 bits per heavy atom. The molecule has 0 bridgehead atoms. The average molecular weight is 349 g/mol. The van der Waals surface area contributed by atoms with Crippen LogP contribution in [0, 0.1) is 0 Å². The maximum absolute atomic E-state index is 11.8. The molecule has 8 heteroatoms. The third kappa shape index (κ3) is 7.06. The van der Waals surface area contributed by atoms with E-state index in [1.807, 2.05) is 0 Å². The van der Waals surface area contributed by atoms with Crippen LogP contribution in [-0.2, 0) is 9.47 Å². The van der Waals surface area contributed by atoms with Gasteiger partial charge in [0.25, 0.3) is 0 Å². The standard InChI is InChI=1S/C14H18Cl2N2O4/c1-14(2,3)22-13(20)17-4-5-21-8-11(19)12-10(16)6-9(15)7-18-12/h6-7H,4-5,8H2,1-3H3,(H,17,20). The topological polar surface area (TPSA) is 77.5 Å². The van der Waals surface area contributed by atoms with E-state index < -0.39 is 11.7 Å². The molecule has 6 nitrogen and oxygen atoms in total. The maximum atomic E-state index is 11.8. The summed E-state index contributed by atoms with van der Waals surface area (Å²) in [5.74, 6) is -0.362. The van der Waals surface area contributed by atoms with E-state index in [0.29, 0.717) is 5.02 Å². The van der Waals surface area contributed by atoms with Crippen LogP contribution in [0.3, 0.4) is 0 Å². The van der Waals surface area contributed by atoms with Gasteiger partial charge in [-0.2, -0.15) is 0 Å². The molecule has 0 saturated heterocycles. The number of carbonyl (C=O) groups is 2. The van der Waals surface area contributed by atoms with Crippen molar-refractivity contribution in [2.24, 2.45) is 0 Å². The molecule has 0 aliphatic carbocycles. The van der Waals surface area contributed by atoms with Crippen molar-refractivity contribution >= 4 is 35.1 Å². The summed E-state index contributed by atoms with van der Waals surface area (Å²) in [7, 11) is 0. The number of nitrogens with zero attached hydrogens (tertiary/aromatic N) is 1. The highest BCUT2D eigenvalue weighted by molar-refractivity contribution is 6.36. The molecule has 22 heavy (non-hydrogen) atoms. The molecule has 0 atom stereocenters. The smallest absolute Gasteiger partial charge is 0.407 e. The van der Waals surface area contributed by atoms with Gasteiger partial charge in [-0.1, -0.05) is 23.2 Å². The number of pyridine rings is 1. The number of rotatable bonds is 6. The van der Waals surface area contributed by atoms with Gasteiger partial charge >= 0.3 is 6.09 Å². The van der Waals surface area contributed by atoms with Crippen molar-refractivity contribution in [3.8, 4) is 0 Å². The van der Waals surface area contributed by atoms with E-state index in [1.54, 1.807) is 20.8 Å². The Bertz CT molecular complexity index is 544. The van der Waals surface area contributed by atoms with Gasteiger partial charge in [0.1, 0.15) is 17.9 Å². The lowest BCUT2D eigenvalue weighted by Crippen LogP contribution is -2.34. The van der Waals surface area contributed by atoms with Crippen LogP contribution in [0.5, 0.6) is 0 Å². The van der Waals surface area contributed by atoms with Crippen LogP contribution in [0.25, 0.3) is 0 Å². The first kappa shape index (κ1) is 18.7. The summed E-state index contributed by atoms with van der Waals surface area (Å²) in [6.45, 7) is 5.50. The molecule has 122 valence electrons. The summed E-state index contributed by atoms with van der Waals surface area (Å²) in [4.78, 5) is 27.1. The predicted molar refractivity (Wildman–Crippen MR) is 83.6 cm³/mol. The second-order valence-electron chi connectivity index (χ2n) is 5.39. The molecule has 0 aromatic carbocycles. The zero-order valence-electron chi connectivity index (χ0n) is 12.6. The SMILES string of the molecule is CC(C)(C)OC(=O)NCCOCC(=O)c1ncc(Cl)cc1Cl. The van der Waals surface area contributed by atoms with Gasteiger partial charge in [-0.15, -0.1) is 0 Å². The summed E-state index contributed by atoms with van der Waals surface area (Å²) in [5, 5.41) is 3.04. The third-order valence-corrected chi connectivity index (χ3v) is 2.71. The Morgan fingerprint density at radius 2 is 2.00 bits per heavy atom. The summed E-state index contributed by atoms with van der Waals surface area (Å²) < 4.78 is 10.2. The molecule has 0 saturated carbocycles. The second-order valence-corrected chi connectivity index (χ2v) is 6.23. The number of nitrogens with one attached hydrogen (secondary N) is 1. The van der Waals surface area contributed by atoms with Crippen LogP contribution >= 0.6 is 23.2 Å². The van der Waals surface area contributed by atoms with E-state index in [-0.39, 0.29) is 36.3 Å². The quantitative estimate of drug-likeness (QED) is 0.631. The van der Waals surface area contributed by atoms with Crippen LogP contribution in [0.15, 0.2) is 12.3 Å². The van der Waals surface area contributed by atoms with Crippen molar-refractivity contribution in [1.82, 2.24) is 10.3 Å².